The van der Waals surface area contributed by atoms with E-state index in [0.29, 0.717) is 24.1 Å². The molecule has 4 nitrogen and oxygen atoms in total. The minimum atomic E-state index is -0.318. The summed E-state index contributed by atoms with van der Waals surface area (Å²) in [4.78, 5) is 12.6. The number of ketones is 1. The number of rotatable bonds is 3. The molecule has 1 heterocycles. The zero-order chi connectivity index (χ0) is 18.1. The van der Waals surface area contributed by atoms with E-state index in [1.807, 2.05) is 24.3 Å². The van der Waals surface area contributed by atoms with Crippen LogP contribution in [0, 0.1) is 17.1 Å². The Kier molecular flexibility index (Phi) is 4.10. The lowest BCUT2D eigenvalue weighted by Crippen LogP contribution is -2.13. The van der Waals surface area contributed by atoms with Crippen LogP contribution in [-0.2, 0) is 12.8 Å². The molecular formula is C21H16FN3O. The minimum absolute atomic E-state index is 0.0814. The maximum Gasteiger partial charge on any atom is 0.166 e. The van der Waals surface area contributed by atoms with Crippen LogP contribution in [0.15, 0.2) is 48.5 Å². The Morgan fingerprint density at radius 3 is 2.50 bits per heavy atom. The van der Waals surface area contributed by atoms with Crippen LogP contribution in [0.25, 0.3) is 16.9 Å². The van der Waals surface area contributed by atoms with Crippen LogP contribution in [0.2, 0.25) is 0 Å². The van der Waals surface area contributed by atoms with Crippen LogP contribution in [0.1, 0.15) is 34.5 Å². The highest BCUT2D eigenvalue weighted by Gasteiger charge is 2.28. The normalized spacial score (nSPS) is 13.3. The average Bonchev–Trinajstić information content (AvgIpc) is 3.04. The monoisotopic (exact) mass is 345 g/mol. The van der Waals surface area contributed by atoms with Crippen molar-refractivity contribution in [3.63, 3.8) is 0 Å². The first-order valence-corrected chi connectivity index (χ1v) is 8.54. The molecule has 1 aliphatic rings. The minimum Gasteiger partial charge on any atom is -0.294 e. The number of hydrogen-bond acceptors (Lipinski definition) is 3. The number of carbonyl (C=O) groups excluding carboxylic acids is 1. The summed E-state index contributed by atoms with van der Waals surface area (Å²) >= 11 is 0. The maximum absolute atomic E-state index is 13.3. The van der Waals surface area contributed by atoms with Gasteiger partial charge in [0.1, 0.15) is 11.5 Å². The highest BCUT2D eigenvalue weighted by molar-refractivity contribution is 6.03. The molecule has 0 amide bonds. The van der Waals surface area contributed by atoms with E-state index in [0.717, 1.165) is 35.3 Å². The number of nitrogens with zero attached hydrogens (tertiary/aromatic N) is 3. The molecule has 0 spiro atoms. The molecule has 3 aromatic rings. The Bertz CT molecular complexity index is 1010. The van der Waals surface area contributed by atoms with Crippen LogP contribution < -0.4 is 0 Å². The second kappa shape index (κ2) is 6.57. The van der Waals surface area contributed by atoms with Crippen molar-refractivity contribution in [2.24, 2.45) is 0 Å². The molecule has 0 saturated heterocycles. The smallest absolute Gasteiger partial charge is 0.166 e. The van der Waals surface area contributed by atoms with E-state index < -0.39 is 0 Å². The molecule has 0 radical (unpaired) electrons. The zero-order valence-electron chi connectivity index (χ0n) is 14.1. The van der Waals surface area contributed by atoms with Gasteiger partial charge in [0, 0.05) is 12.0 Å². The average molecular weight is 345 g/mol. The van der Waals surface area contributed by atoms with Gasteiger partial charge in [-0.1, -0.05) is 12.1 Å². The summed E-state index contributed by atoms with van der Waals surface area (Å²) in [5.74, 6) is -0.237. The Morgan fingerprint density at radius 1 is 1.08 bits per heavy atom. The van der Waals surface area contributed by atoms with E-state index in [1.165, 1.54) is 12.1 Å². The van der Waals surface area contributed by atoms with Gasteiger partial charge in [-0.05, 0) is 54.8 Å². The lowest BCUT2D eigenvalue weighted by molar-refractivity contribution is 0.0973. The molecule has 26 heavy (non-hydrogen) atoms. The number of Topliss-reactive ketones (excluding diaryl/α,β-unsaturated/α-hetero) is 1. The highest BCUT2D eigenvalue weighted by atomic mass is 19.1. The molecule has 0 unspecified atom stereocenters. The Hall–Kier alpha value is -3.26. The fourth-order valence-corrected chi connectivity index (χ4v) is 3.39. The van der Waals surface area contributed by atoms with Crippen molar-refractivity contribution < 1.29 is 9.18 Å². The van der Waals surface area contributed by atoms with Crippen molar-refractivity contribution in [2.45, 2.75) is 25.7 Å². The standard InChI is InChI=1S/C21H16FN3O/c22-16-8-6-15(7-9-16)21-20-18(2-1-3-19(20)26)25(24-21)17-10-4-14(5-11-17)12-13-23/h4-11H,1-3,12H2. The molecule has 0 N–H and O–H groups in total. The fourth-order valence-electron chi connectivity index (χ4n) is 3.39. The number of benzene rings is 2. The molecule has 0 fully saturated rings. The number of halogens is 1. The molecule has 5 heteroatoms. The van der Waals surface area contributed by atoms with Crippen molar-refractivity contribution in [1.82, 2.24) is 9.78 Å². The van der Waals surface area contributed by atoms with Crippen molar-refractivity contribution in [3.05, 3.63) is 71.2 Å². The van der Waals surface area contributed by atoms with Gasteiger partial charge in [-0.25, -0.2) is 9.07 Å². The predicted molar refractivity (Wildman–Crippen MR) is 95.5 cm³/mol. The summed E-state index contributed by atoms with van der Waals surface area (Å²) in [7, 11) is 0. The van der Waals surface area contributed by atoms with E-state index in [9.17, 15) is 9.18 Å². The second-order valence-corrected chi connectivity index (χ2v) is 6.37. The first-order chi connectivity index (χ1) is 12.7. The second-order valence-electron chi connectivity index (χ2n) is 6.37. The summed E-state index contributed by atoms with van der Waals surface area (Å²) in [5, 5.41) is 13.5. The largest absolute Gasteiger partial charge is 0.294 e. The van der Waals surface area contributed by atoms with Gasteiger partial charge in [-0.2, -0.15) is 10.4 Å². The van der Waals surface area contributed by atoms with E-state index in [4.69, 9.17) is 10.4 Å². The molecule has 4 rings (SSSR count). The van der Waals surface area contributed by atoms with Crippen molar-refractivity contribution in [2.75, 3.05) is 0 Å². The van der Waals surface area contributed by atoms with Gasteiger partial charge in [-0.3, -0.25) is 4.79 Å². The van der Waals surface area contributed by atoms with Crippen LogP contribution in [-0.4, -0.2) is 15.6 Å². The quantitative estimate of drug-likeness (QED) is 0.712. The Labute approximate surface area is 150 Å². The molecule has 0 aliphatic heterocycles. The summed E-state index contributed by atoms with van der Waals surface area (Å²) < 4.78 is 15.1. The topological polar surface area (TPSA) is 58.7 Å². The van der Waals surface area contributed by atoms with Gasteiger partial charge in [0.15, 0.2) is 5.78 Å². The van der Waals surface area contributed by atoms with Crippen molar-refractivity contribution >= 4 is 5.78 Å². The first-order valence-electron chi connectivity index (χ1n) is 8.54. The lowest BCUT2D eigenvalue weighted by atomic mass is 9.92. The number of carbonyl (C=O) groups is 1. The first kappa shape index (κ1) is 16.2. The highest BCUT2D eigenvalue weighted by Crippen LogP contribution is 2.33. The number of hydrogen-bond donors (Lipinski definition) is 0. The van der Waals surface area contributed by atoms with E-state index in [-0.39, 0.29) is 11.6 Å². The molecule has 0 saturated carbocycles. The molecule has 0 bridgehead atoms. The van der Waals surface area contributed by atoms with Gasteiger partial charge < -0.3 is 0 Å². The van der Waals surface area contributed by atoms with Crippen LogP contribution in [0.3, 0.4) is 0 Å². The van der Waals surface area contributed by atoms with E-state index in [2.05, 4.69) is 6.07 Å². The third kappa shape index (κ3) is 2.80. The van der Waals surface area contributed by atoms with Gasteiger partial charge in [0.25, 0.3) is 0 Å². The maximum atomic E-state index is 13.3. The van der Waals surface area contributed by atoms with Crippen LogP contribution in [0.4, 0.5) is 4.39 Å². The molecule has 0 atom stereocenters. The molecule has 1 aromatic heterocycles. The van der Waals surface area contributed by atoms with Gasteiger partial charge in [0.2, 0.25) is 0 Å². The summed E-state index contributed by atoms with van der Waals surface area (Å²) in [6.45, 7) is 0. The summed E-state index contributed by atoms with van der Waals surface area (Å²) in [6, 6.07) is 15.8. The van der Waals surface area contributed by atoms with E-state index in [1.54, 1.807) is 16.8 Å². The van der Waals surface area contributed by atoms with Gasteiger partial charge >= 0.3 is 0 Å². The third-order valence-corrected chi connectivity index (χ3v) is 4.66. The Balaban J connectivity index is 1.85. The molecule has 128 valence electrons. The van der Waals surface area contributed by atoms with Gasteiger partial charge in [-0.15, -0.1) is 0 Å². The van der Waals surface area contributed by atoms with Crippen LogP contribution in [0.5, 0.6) is 0 Å². The number of nitriles is 1. The molecule has 2 aromatic carbocycles. The Morgan fingerprint density at radius 2 is 1.81 bits per heavy atom. The predicted octanol–water partition coefficient (Wildman–Crippen LogP) is 4.26. The zero-order valence-corrected chi connectivity index (χ0v) is 14.1. The molecular weight excluding hydrogens is 329 g/mol. The van der Waals surface area contributed by atoms with Crippen LogP contribution >= 0.6 is 0 Å². The van der Waals surface area contributed by atoms with Crippen molar-refractivity contribution in [3.8, 4) is 23.0 Å². The third-order valence-electron chi connectivity index (χ3n) is 4.66. The SMILES string of the molecule is N#CCc1ccc(-n2nc(-c3ccc(F)cc3)c3c2CCCC3=O)cc1. The number of aromatic nitrogens is 2. The van der Waals surface area contributed by atoms with Gasteiger partial charge in [0.05, 0.1) is 29.4 Å². The lowest BCUT2D eigenvalue weighted by Gasteiger charge is -2.13. The fraction of sp³-hybridized carbons (Fsp3) is 0.190. The summed E-state index contributed by atoms with van der Waals surface area (Å²) in [5.41, 5.74) is 4.67. The van der Waals surface area contributed by atoms with E-state index >= 15 is 0 Å². The van der Waals surface area contributed by atoms with Crippen molar-refractivity contribution in [1.29, 1.82) is 5.26 Å². The number of fused-ring (bicyclic) bond motifs is 1. The summed E-state index contributed by atoms with van der Waals surface area (Å²) in [6.07, 6.45) is 2.44. The molecule has 1 aliphatic carbocycles.